The van der Waals surface area contributed by atoms with Gasteiger partial charge in [-0.05, 0) is 42.5 Å². The number of hydrogen-bond donors (Lipinski definition) is 1. The maximum atomic E-state index is 13.1. The molecule has 8 nitrogen and oxygen atoms in total. The largest absolute Gasteiger partial charge is 0.465 e. The first-order chi connectivity index (χ1) is 14.3. The van der Waals surface area contributed by atoms with E-state index in [1.54, 1.807) is 30.3 Å². The van der Waals surface area contributed by atoms with Crippen LogP contribution in [0.15, 0.2) is 58.0 Å². The van der Waals surface area contributed by atoms with Crippen molar-refractivity contribution in [2.45, 2.75) is 4.90 Å². The Bertz CT molecular complexity index is 1230. The molecule has 3 aromatic rings. The van der Waals surface area contributed by atoms with E-state index in [9.17, 15) is 18.0 Å². The average molecular weight is 492 g/mol. The third kappa shape index (κ3) is 3.56. The molecular formula is C20H18BrN3O5S. The van der Waals surface area contributed by atoms with E-state index in [2.05, 4.69) is 15.9 Å². The highest BCUT2D eigenvalue weighted by Gasteiger charge is 2.24. The lowest BCUT2D eigenvalue weighted by atomic mass is 10.1. The Hall–Kier alpha value is -2.85. The summed E-state index contributed by atoms with van der Waals surface area (Å²) in [4.78, 5) is 26.2. The van der Waals surface area contributed by atoms with Crippen LogP contribution in [-0.4, -0.2) is 61.0 Å². The van der Waals surface area contributed by atoms with Crippen LogP contribution in [0, 0.1) is 0 Å². The van der Waals surface area contributed by atoms with Gasteiger partial charge in [0, 0.05) is 53.5 Å². The lowest BCUT2D eigenvalue weighted by molar-refractivity contribution is 0.112. The molecule has 1 amide bonds. The van der Waals surface area contributed by atoms with Gasteiger partial charge in [-0.2, -0.15) is 0 Å². The molecule has 156 valence electrons. The molecule has 0 aliphatic carbocycles. The van der Waals surface area contributed by atoms with Crippen molar-refractivity contribution < 1.29 is 23.1 Å². The van der Waals surface area contributed by atoms with Crippen molar-refractivity contribution in [1.29, 1.82) is 0 Å². The fraction of sp³-hybridized carbons (Fsp3) is 0.200. The molecule has 0 unspecified atom stereocenters. The summed E-state index contributed by atoms with van der Waals surface area (Å²) in [5, 5.41) is 9.63. The third-order valence-corrected chi connectivity index (χ3v) is 7.41. The van der Waals surface area contributed by atoms with Gasteiger partial charge in [0.15, 0.2) is 6.29 Å². The van der Waals surface area contributed by atoms with E-state index in [4.69, 9.17) is 5.11 Å². The molecule has 1 aromatic heterocycles. The first-order valence-electron chi connectivity index (χ1n) is 9.15. The number of carbonyl (C=O) groups excluding carboxylic acids is 1. The summed E-state index contributed by atoms with van der Waals surface area (Å²) < 4.78 is 28.2. The molecule has 1 fully saturated rings. The fourth-order valence-corrected chi connectivity index (χ4v) is 5.22. The molecule has 1 saturated heterocycles. The van der Waals surface area contributed by atoms with Crippen LogP contribution in [0.2, 0.25) is 0 Å². The van der Waals surface area contributed by atoms with Crippen LogP contribution in [-0.2, 0) is 10.0 Å². The lowest BCUT2D eigenvalue weighted by Gasteiger charge is -2.34. The van der Waals surface area contributed by atoms with Crippen molar-refractivity contribution in [3.63, 3.8) is 0 Å². The van der Waals surface area contributed by atoms with Gasteiger partial charge in [0.05, 0.1) is 10.4 Å². The number of amides is 1. The number of carboxylic acid groups (broad SMARTS) is 1. The highest BCUT2D eigenvalue weighted by molar-refractivity contribution is 9.10. The molecule has 30 heavy (non-hydrogen) atoms. The van der Waals surface area contributed by atoms with Crippen molar-refractivity contribution in [2.75, 3.05) is 31.1 Å². The van der Waals surface area contributed by atoms with Gasteiger partial charge in [-0.25, -0.2) is 17.2 Å². The minimum absolute atomic E-state index is 0.119. The van der Waals surface area contributed by atoms with E-state index < -0.39 is 16.1 Å². The number of aromatic nitrogens is 1. The second-order valence-corrected chi connectivity index (χ2v) is 9.65. The zero-order chi connectivity index (χ0) is 21.5. The maximum Gasteiger partial charge on any atom is 0.407 e. The number of piperazine rings is 1. The topological polar surface area (TPSA) is 99.9 Å². The molecule has 0 bridgehead atoms. The van der Waals surface area contributed by atoms with Gasteiger partial charge in [0.25, 0.3) is 10.0 Å². The van der Waals surface area contributed by atoms with Gasteiger partial charge >= 0.3 is 6.09 Å². The molecule has 2 heterocycles. The smallest absolute Gasteiger partial charge is 0.407 e. The Morgan fingerprint density at radius 3 is 2.30 bits per heavy atom. The summed E-state index contributed by atoms with van der Waals surface area (Å²) in [6.45, 7) is 1.80. The highest BCUT2D eigenvalue weighted by Crippen LogP contribution is 2.30. The summed E-state index contributed by atoms with van der Waals surface area (Å²) in [5.41, 5.74) is 1.50. The molecule has 1 aliphatic heterocycles. The Morgan fingerprint density at radius 2 is 1.70 bits per heavy atom. The number of fused-ring (bicyclic) bond motifs is 1. The van der Waals surface area contributed by atoms with Gasteiger partial charge in [0.1, 0.15) is 0 Å². The van der Waals surface area contributed by atoms with Crippen LogP contribution in [0.5, 0.6) is 0 Å². The number of aldehydes is 1. The van der Waals surface area contributed by atoms with Crippen molar-refractivity contribution in [1.82, 2.24) is 8.87 Å². The predicted octanol–water partition coefficient (Wildman–Crippen LogP) is 3.25. The average Bonchev–Trinajstić information content (AvgIpc) is 3.13. The molecule has 1 aliphatic rings. The van der Waals surface area contributed by atoms with Gasteiger partial charge in [-0.15, -0.1) is 0 Å². The highest BCUT2D eigenvalue weighted by atomic mass is 79.9. The van der Waals surface area contributed by atoms with Crippen molar-refractivity contribution in [2.24, 2.45) is 0 Å². The summed E-state index contributed by atoms with van der Waals surface area (Å²) in [6, 6.07) is 11.5. The number of benzene rings is 2. The molecule has 2 aromatic carbocycles. The summed E-state index contributed by atoms with van der Waals surface area (Å²) in [5.74, 6) is 0. The molecular weight excluding hydrogens is 474 g/mol. The van der Waals surface area contributed by atoms with Crippen LogP contribution in [0.1, 0.15) is 10.4 Å². The van der Waals surface area contributed by atoms with Gasteiger partial charge in [0.2, 0.25) is 0 Å². The van der Waals surface area contributed by atoms with E-state index in [1.165, 1.54) is 23.2 Å². The van der Waals surface area contributed by atoms with E-state index >= 15 is 0 Å². The van der Waals surface area contributed by atoms with Crippen LogP contribution in [0.4, 0.5) is 10.5 Å². The molecule has 0 atom stereocenters. The van der Waals surface area contributed by atoms with E-state index in [-0.39, 0.29) is 10.5 Å². The molecule has 1 N–H and O–H groups in total. The van der Waals surface area contributed by atoms with Gasteiger partial charge in [-0.1, -0.05) is 15.9 Å². The number of nitrogens with zero attached hydrogens (tertiary/aromatic N) is 3. The van der Waals surface area contributed by atoms with Gasteiger partial charge < -0.3 is 14.9 Å². The zero-order valence-corrected chi connectivity index (χ0v) is 18.1. The number of carbonyl (C=O) groups is 2. The van der Waals surface area contributed by atoms with Crippen LogP contribution in [0.3, 0.4) is 0 Å². The van der Waals surface area contributed by atoms with Crippen molar-refractivity contribution in [3.05, 3.63) is 58.7 Å². The standard InChI is InChI=1S/C20H18BrN3O5S/c21-15-1-4-17(5-2-15)30(28,29)24-12-14(13-25)18-11-16(3-6-19(18)24)22-7-9-23(10-8-22)20(26)27/h1-6,11-13H,7-10H2,(H,26,27). The Labute approximate surface area is 181 Å². The zero-order valence-electron chi connectivity index (χ0n) is 15.7. The summed E-state index contributed by atoms with van der Waals surface area (Å²) >= 11 is 3.29. The third-order valence-electron chi connectivity index (χ3n) is 5.20. The second kappa shape index (κ2) is 7.77. The molecule has 0 radical (unpaired) electrons. The number of anilines is 1. The fourth-order valence-electron chi connectivity index (χ4n) is 3.58. The van der Waals surface area contributed by atoms with Gasteiger partial charge in [-0.3, -0.25) is 4.79 Å². The summed E-state index contributed by atoms with van der Waals surface area (Å²) in [6.07, 6.45) is 1.03. The number of rotatable bonds is 4. The van der Waals surface area contributed by atoms with Crippen molar-refractivity contribution >= 4 is 54.9 Å². The molecule has 10 heteroatoms. The van der Waals surface area contributed by atoms with E-state index in [0.717, 1.165) is 14.1 Å². The predicted molar refractivity (Wildman–Crippen MR) is 116 cm³/mol. The Balaban J connectivity index is 1.73. The maximum absolute atomic E-state index is 13.1. The quantitative estimate of drug-likeness (QED) is 0.562. The lowest BCUT2D eigenvalue weighted by Crippen LogP contribution is -2.48. The van der Waals surface area contributed by atoms with Crippen molar-refractivity contribution in [3.8, 4) is 0 Å². The minimum Gasteiger partial charge on any atom is -0.465 e. The molecule has 4 rings (SSSR count). The normalized spacial score (nSPS) is 14.8. The molecule has 0 spiro atoms. The van der Waals surface area contributed by atoms with Crippen LogP contribution < -0.4 is 4.90 Å². The molecule has 0 saturated carbocycles. The summed E-state index contributed by atoms with van der Waals surface area (Å²) in [7, 11) is -3.87. The van der Waals surface area contributed by atoms with E-state index in [0.29, 0.717) is 43.4 Å². The first kappa shape index (κ1) is 20.4. The first-order valence-corrected chi connectivity index (χ1v) is 11.4. The number of halogens is 1. The second-order valence-electron chi connectivity index (χ2n) is 6.92. The van der Waals surface area contributed by atoms with E-state index in [1.807, 2.05) is 4.90 Å². The minimum atomic E-state index is -3.87. The SMILES string of the molecule is O=Cc1cn(S(=O)(=O)c2ccc(Br)cc2)c2ccc(N3CCN(C(=O)O)CC3)cc12. The Kier molecular flexibility index (Phi) is 5.29. The Morgan fingerprint density at radius 1 is 1.03 bits per heavy atom. The number of hydrogen-bond acceptors (Lipinski definition) is 5. The van der Waals surface area contributed by atoms with Crippen LogP contribution >= 0.6 is 15.9 Å². The van der Waals surface area contributed by atoms with Crippen LogP contribution in [0.25, 0.3) is 10.9 Å². The monoisotopic (exact) mass is 491 g/mol.